The Kier molecular flexibility index (Phi) is 7.96. The number of hydrogen-bond donors (Lipinski definition) is 1. The fourth-order valence-corrected chi connectivity index (χ4v) is 3.06. The van der Waals surface area contributed by atoms with E-state index in [1.54, 1.807) is 29.0 Å². The molecule has 0 radical (unpaired) electrons. The van der Waals surface area contributed by atoms with Crippen molar-refractivity contribution in [3.05, 3.63) is 33.8 Å². The molecule has 0 spiro atoms. The topological polar surface area (TPSA) is 61.9 Å². The van der Waals surface area contributed by atoms with E-state index in [2.05, 4.69) is 5.32 Å². The van der Waals surface area contributed by atoms with Crippen molar-refractivity contribution in [2.75, 3.05) is 53.0 Å². The molecule has 2 amide bonds. The van der Waals surface area contributed by atoms with Crippen molar-refractivity contribution in [1.29, 1.82) is 0 Å². The number of nitrogens with one attached hydrogen (secondary N) is 1. The molecule has 1 aromatic rings. The third-order valence-electron chi connectivity index (χ3n) is 3.91. The van der Waals surface area contributed by atoms with E-state index in [-0.39, 0.29) is 24.9 Å². The minimum absolute atomic E-state index is 0.0200. The normalized spacial score (nSPS) is 14.6. The molecule has 1 N–H and O–H groups in total. The molecule has 1 aromatic carbocycles. The summed E-state index contributed by atoms with van der Waals surface area (Å²) in [6.45, 7) is 3.24. The molecule has 1 fully saturated rings. The van der Waals surface area contributed by atoms with Gasteiger partial charge in [-0.05, 0) is 31.2 Å². The van der Waals surface area contributed by atoms with Gasteiger partial charge in [-0.3, -0.25) is 14.5 Å². The van der Waals surface area contributed by atoms with Gasteiger partial charge in [-0.15, -0.1) is 0 Å². The monoisotopic (exact) mass is 387 g/mol. The Bertz CT molecular complexity index is 607. The number of carbonyl (C=O) groups is 2. The Hall–Kier alpha value is -1.34. The summed E-state index contributed by atoms with van der Waals surface area (Å²) in [5.74, 6) is -0.103. The summed E-state index contributed by atoms with van der Waals surface area (Å²) in [5, 5.41) is 4.02. The van der Waals surface area contributed by atoms with Gasteiger partial charge in [0.2, 0.25) is 11.8 Å². The minimum Gasteiger partial charge on any atom is -0.378 e. The van der Waals surface area contributed by atoms with Crippen molar-refractivity contribution < 1.29 is 14.3 Å². The van der Waals surface area contributed by atoms with Gasteiger partial charge in [-0.2, -0.15) is 0 Å². The number of likely N-dealkylation sites (N-methyl/N-ethyl adjacent to an activating group) is 1. The van der Waals surface area contributed by atoms with Gasteiger partial charge in [0, 0.05) is 29.7 Å². The highest BCUT2D eigenvalue weighted by Gasteiger charge is 2.19. The Labute approximate surface area is 158 Å². The van der Waals surface area contributed by atoms with E-state index in [0.717, 1.165) is 5.56 Å². The number of hydrogen-bond acceptors (Lipinski definition) is 4. The quantitative estimate of drug-likeness (QED) is 0.768. The van der Waals surface area contributed by atoms with Crippen LogP contribution in [0.15, 0.2) is 18.2 Å². The number of halogens is 2. The molecular weight excluding hydrogens is 365 g/mol. The van der Waals surface area contributed by atoms with Crippen LogP contribution in [0.1, 0.15) is 5.56 Å². The highest BCUT2D eigenvalue weighted by atomic mass is 35.5. The first kappa shape index (κ1) is 20.0. The lowest BCUT2D eigenvalue weighted by atomic mass is 10.1. The molecule has 1 aliphatic rings. The maximum Gasteiger partial charge on any atom is 0.236 e. The van der Waals surface area contributed by atoms with E-state index < -0.39 is 0 Å². The average molecular weight is 388 g/mol. The molecule has 1 saturated heterocycles. The summed E-state index contributed by atoms with van der Waals surface area (Å²) in [6.07, 6.45) is 0.623. The molecule has 138 valence electrons. The summed E-state index contributed by atoms with van der Waals surface area (Å²) in [6, 6.07) is 5.31. The zero-order valence-electron chi connectivity index (χ0n) is 14.3. The minimum atomic E-state index is -0.123. The summed E-state index contributed by atoms with van der Waals surface area (Å²) in [7, 11) is 1.76. The van der Waals surface area contributed by atoms with Crippen LogP contribution in [0.3, 0.4) is 0 Å². The Balaban J connectivity index is 1.67. The van der Waals surface area contributed by atoms with E-state index in [0.29, 0.717) is 49.3 Å². The van der Waals surface area contributed by atoms with Crippen molar-refractivity contribution >= 4 is 35.0 Å². The van der Waals surface area contributed by atoms with Crippen LogP contribution in [-0.4, -0.2) is 74.6 Å². The second-order valence-electron chi connectivity index (χ2n) is 6.00. The summed E-state index contributed by atoms with van der Waals surface area (Å²) in [5.41, 5.74) is 0.933. The van der Waals surface area contributed by atoms with Gasteiger partial charge in [-0.25, -0.2) is 0 Å². The predicted octanol–water partition coefficient (Wildman–Crippen LogP) is 1.44. The molecule has 0 aromatic heterocycles. The molecule has 0 unspecified atom stereocenters. The maximum atomic E-state index is 12.1. The number of rotatable bonds is 7. The van der Waals surface area contributed by atoms with Gasteiger partial charge in [0.25, 0.3) is 0 Å². The first-order valence-corrected chi connectivity index (χ1v) is 8.96. The number of nitrogens with zero attached hydrogens (tertiary/aromatic N) is 2. The second-order valence-corrected chi connectivity index (χ2v) is 6.84. The molecule has 0 saturated carbocycles. The van der Waals surface area contributed by atoms with Crippen LogP contribution < -0.4 is 5.32 Å². The largest absolute Gasteiger partial charge is 0.378 e. The van der Waals surface area contributed by atoms with Gasteiger partial charge >= 0.3 is 0 Å². The smallest absolute Gasteiger partial charge is 0.236 e. The van der Waals surface area contributed by atoms with Gasteiger partial charge in [0.05, 0.1) is 26.3 Å². The Morgan fingerprint density at radius 3 is 2.64 bits per heavy atom. The number of amides is 2. The van der Waals surface area contributed by atoms with Crippen molar-refractivity contribution in [3.8, 4) is 0 Å². The summed E-state index contributed by atoms with van der Waals surface area (Å²) >= 11 is 12.0. The number of ether oxygens (including phenoxy) is 1. The Morgan fingerprint density at radius 2 is 1.96 bits per heavy atom. The lowest BCUT2D eigenvalue weighted by Crippen LogP contribution is -2.46. The summed E-state index contributed by atoms with van der Waals surface area (Å²) < 4.78 is 5.23. The highest BCUT2D eigenvalue weighted by molar-refractivity contribution is 6.35. The molecule has 25 heavy (non-hydrogen) atoms. The Morgan fingerprint density at radius 1 is 1.24 bits per heavy atom. The van der Waals surface area contributed by atoms with Crippen LogP contribution in [0, 0.1) is 0 Å². The highest BCUT2D eigenvalue weighted by Crippen LogP contribution is 2.20. The van der Waals surface area contributed by atoms with Crippen molar-refractivity contribution in [3.63, 3.8) is 0 Å². The molecule has 8 heteroatoms. The van der Waals surface area contributed by atoms with Crippen LogP contribution >= 0.6 is 23.2 Å². The lowest BCUT2D eigenvalue weighted by molar-refractivity contribution is -0.136. The van der Waals surface area contributed by atoms with Gasteiger partial charge in [-0.1, -0.05) is 29.3 Å². The van der Waals surface area contributed by atoms with Crippen LogP contribution in [-0.2, 0) is 20.7 Å². The van der Waals surface area contributed by atoms with Crippen LogP contribution in [0.5, 0.6) is 0 Å². The number of benzene rings is 1. The van der Waals surface area contributed by atoms with E-state index in [1.807, 2.05) is 6.07 Å². The van der Waals surface area contributed by atoms with E-state index in [4.69, 9.17) is 27.9 Å². The molecule has 0 aliphatic carbocycles. The molecule has 0 bridgehead atoms. The molecule has 0 atom stereocenters. The van der Waals surface area contributed by atoms with Gasteiger partial charge < -0.3 is 15.0 Å². The first-order valence-electron chi connectivity index (χ1n) is 8.20. The van der Waals surface area contributed by atoms with Gasteiger partial charge in [0.15, 0.2) is 0 Å². The van der Waals surface area contributed by atoms with Crippen LogP contribution in [0.2, 0.25) is 10.0 Å². The van der Waals surface area contributed by atoms with E-state index in [9.17, 15) is 9.59 Å². The van der Waals surface area contributed by atoms with Crippen molar-refractivity contribution in [1.82, 2.24) is 15.1 Å². The van der Waals surface area contributed by atoms with Crippen LogP contribution in [0.4, 0.5) is 0 Å². The third kappa shape index (κ3) is 6.82. The lowest BCUT2D eigenvalue weighted by Gasteiger charge is -2.28. The van der Waals surface area contributed by atoms with Crippen molar-refractivity contribution in [2.45, 2.75) is 6.42 Å². The zero-order valence-corrected chi connectivity index (χ0v) is 15.8. The van der Waals surface area contributed by atoms with Crippen molar-refractivity contribution in [2.24, 2.45) is 0 Å². The second kappa shape index (κ2) is 9.97. The van der Waals surface area contributed by atoms with E-state index in [1.165, 1.54) is 0 Å². The van der Waals surface area contributed by atoms with Gasteiger partial charge in [0.1, 0.15) is 0 Å². The summed E-state index contributed by atoms with van der Waals surface area (Å²) in [4.78, 5) is 27.6. The SMILES string of the molecule is CN(CC(=O)NCCc1ccc(Cl)cc1Cl)CC(=O)N1CCOCC1. The first-order chi connectivity index (χ1) is 12.0. The molecule has 6 nitrogen and oxygen atoms in total. The van der Waals surface area contributed by atoms with E-state index >= 15 is 0 Å². The molecule has 1 heterocycles. The maximum absolute atomic E-state index is 12.1. The zero-order chi connectivity index (χ0) is 18.2. The molecule has 1 aliphatic heterocycles. The third-order valence-corrected chi connectivity index (χ3v) is 4.50. The average Bonchev–Trinajstić information content (AvgIpc) is 2.57. The van der Waals surface area contributed by atoms with Crippen LogP contribution in [0.25, 0.3) is 0 Å². The number of carbonyl (C=O) groups excluding carboxylic acids is 2. The fraction of sp³-hybridized carbons (Fsp3) is 0.529. The standard InChI is InChI=1S/C17H23Cl2N3O3/c1-21(12-17(24)22-6-8-25-9-7-22)11-16(23)20-5-4-13-2-3-14(18)10-15(13)19/h2-3,10H,4-9,11-12H2,1H3,(H,20,23). The predicted molar refractivity (Wildman–Crippen MR) is 98.1 cm³/mol. The molecular formula is C17H23Cl2N3O3. The number of morpholine rings is 1. The fourth-order valence-electron chi connectivity index (χ4n) is 2.56. The molecule has 2 rings (SSSR count).